The summed E-state index contributed by atoms with van der Waals surface area (Å²) in [5.41, 5.74) is 16.5. The lowest BCUT2D eigenvalue weighted by molar-refractivity contribution is 0.768. The first-order chi connectivity index (χ1) is 31.8. The quantitative estimate of drug-likeness (QED) is 0.155. The average molecular weight is 833 g/mol. The maximum Gasteiger partial charge on any atom is 0.0714 e. The lowest BCUT2D eigenvalue weighted by Gasteiger charge is -2.35. The van der Waals surface area contributed by atoms with Crippen LogP contribution in [0.15, 0.2) is 243 Å². The Morgan fingerprint density at radius 3 is 1.59 bits per heavy atom. The highest BCUT2D eigenvalue weighted by molar-refractivity contribution is 7.26. The highest BCUT2D eigenvalue weighted by Crippen LogP contribution is 2.57. The Morgan fingerprint density at radius 1 is 0.359 bits per heavy atom. The summed E-state index contributed by atoms with van der Waals surface area (Å²) in [6.45, 7) is 0. The summed E-state index contributed by atoms with van der Waals surface area (Å²) >= 11 is 1.88. The fourth-order valence-corrected chi connectivity index (χ4v) is 11.9. The molecule has 2 aromatic heterocycles. The Labute approximate surface area is 376 Å². The van der Waals surface area contributed by atoms with E-state index in [4.69, 9.17) is 0 Å². The van der Waals surface area contributed by atoms with E-state index >= 15 is 0 Å². The van der Waals surface area contributed by atoms with Crippen molar-refractivity contribution >= 4 is 70.4 Å². The Morgan fingerprint density at radius 2 is 0.891 bits per heavy atom. The van der Waals surface area contributed by atoms with Crippen molar-refractivity contribution < 1.29 is 0 Å². The van der Waals surface area contributed by atoms with Gasteiger partial charge in [0.05, 0.1) is 26.8 Å². The molecule has 10 aromatic carbocycles. The first-order valence-corrected chi connectivity index (χ1v) is 22.8. The molecule has 300 valence electrons. The van der Waals surface area contributed by atoms with Crippen LogP contribution < -0.4 is 4.90 Å². The zero-order chi connectivity index (χ0) is 42.2. The summed E-state index contributed by atoms with van der Waals surface area (Å²) < 4.78 is 5.01. The molecule has 0 unspecified atom stereocenters. The normalized spacial score (nSPS) is 12.8. The van der Waals surface area contributed by atoms with Crippen LogP contribution in [0.5, 0.6) is 0 Å². The van der Waals surface area contributed by atoms with Gasteiger partial charge in [-0.05, 0) is 105 Å². The van der Waals surface area contributed by atoms with Crippen molar-refractivity contribution in [2.45, 2.75) is 5.41 Å². The second kappa shape index (κ2) is 14.6. The smallest absolute Gasteiger partial charge is 0.0714 e. The molecule has 0 spiro atoms. The Kier molecular flexibility index (Phi) is 8.34. The van der Waals surface area contributed by atoms with Gasteiger partial charge in [0, 0.05) is 43.3 Å². The highest BCUT2D eigenvalue weighted by Gasteiger charge is 2.46. The topological polar surface area (TPSA) is 8.17 Å². The maximum atomic E-state index is 2.47. The Balaban J connectivity index is 1.04. The lowest BCUT2D eigenvalue weighted by atomic mass is 9.67. The van der Waals surface area contributed by atoms with Crippen LogP contribution in [-0.4, -0.2) is 4.57 Å². The summed E-state index contributed by atoms with van der Waals surface area (Å²) in [6, 6.07) is 89.5. The van der Waals surface area contributed by atoms with E-state index in [1.165, 1.54) is 92.2 Å². The molecule has 13 rings (SSSR count). The van der Waals surface area contributed by atoms with Crippen molar-refractivity contribution in [1.82, 2.24) is 4.57 Å². The molecule has 0 amide bonds. The second-order valence-corrected chi connectivity index (χ2v) is 17.9. The van der Waals surface area contributed by atoms with Gasteiger partial charge in [0.1, 0.15) is 0 Å². The van der Waals surface area contributed by atoms with Gasteiger partial charge in [-0.25, -0.2) is 0 Å². The minimum atomic E-state index is -0.510. The van der Waals surface area contributed by atoms with E-state index in [9.17, 15) is 0 Å². The maximum absolute atomic E-state index is 2.47. The molecule has 2 heterocycles. The molecule has 0 saturated heterocycles. The van der Waals surface area contributed by atoms with Crippen LogP contribution in [0.3, 0.4) is 0 Å². The third-order valence-electron chi connectivity index (χ3n) is 13.5. The predicted molar refractivity (Wildman–Crippen MR) is 271 cm³/mol. The van der Waals surface area contributed by atoms with Crippen LogP contribution in [-0.2, 0) is 5.41 Å². The Hall–Kier alpha value is -7.98. The largest absolute Gasteiger partial charge is 0.310 e. The summed E-state index contributed by atoms with van der Waals surface area (Å²) in [4.78, 5) is 2.46. The molecule has 0 fully saturated rings. The number of para-hydroxylation sites is 2. The van der Waals surface area contributed by atoms with Gasteiger partial charge < -0.3 is 9.47 Å². The van der Waals surface area contributed by atoms with Crippen LogP contribution in [0, 0.1) is 0 Å². The van der Waals surface area contributed by atoms with E-state index < -0.39 is 5.41 Å². The van der Waals surface area contributed by atoms with Crippen LogP contribution in [0.4, 0.5) is 17.1 Å². The predicted octanol–water partition coefficient (Wildman–Crippen LogP) is 16.7. The second-order valence-electron chi connectivity index (χ2n) is 16.8. The fourth-order valence-electron chi connectivity index (χ4n) is 10.7. The van der Waals surface area contributed by atoms with E-state index in [1.54, 1.807) is 0 Å². The van der Waals surface area contributed by atoms with Crippen LogP contribution >= 0.6 is 11.3 Å². The zero-order valence-electron chi connectivity index (χ0n) is 34.9. The van der Waals surface area contributed by atoms with Gasteiger partial charge in [0.15, 0.2) is 0 Å². The van der Waals surface area contributed by atoms with Crippen molar-refractivity contribution in [2.75, 3.05) is 4.90 Å². The zero-order valence-corrected chi connectivity index (χ0v) is 35.7. The number of fused-ring (bicyclic) bond motifs is 9. The van der Waals surface area contributed by atoms with Crippen molar-refractivity contribution in [3.63, 3.8) is 0 Å². The van der Waals surface area contributed by atoms with E-state index in [2.05, 4.69) is 252 Å². The molecule has 1 aliphatic carbocycles. The molecule has 0 atom stereocenters. The van der Waals surface area contributed by atoms with Crippen LogP contribution in [0.25, 0.3) is 69.9 Å². The SMILES string of the molecule is c1ccc(-c2ccc(N(c3ccc4c(c3)C(c3ccccc3)(c3ccccc3)c3ccccc3-4)c3ccc4sc5c(-n6c7ccccc7c7ccccc76)cccc5c4c3)cc2)cc1. The molecule has 2 nitrogen and oxygen atoms in total. The third-order valence-corrected chi connectivity index (χ3v) is 14.7. The minimum Gasteiger partial charge on any atom is -0.310 e. The first kappa shape index (κ1) is 36.7. The van der Waals surface area contributed by atoms with Crippen LogP contribution in [0.1, 0.15) is 22.3 Å². The summed E-state index contributed by atoms with van der Waals surface area (Å²) in [6.07, 6.45) is 0. The van der Waals surface area contributed by atoms with Gasteiger partial charge >= 0.3 is 0 Å². The summed E-state index contributed by atoms with van der Waals surface area (Å²) in [7, 11) is 0. The number of benzene rings is 10. The molecule has 64 heavy (non-hydrogen) atoms. The number of rotatable bonds is 7. The minimum absolute atomic E-state index is 0.510. The summed E-state index contributed by atoms with van der Waals surface area (Å²) in [5, 5.41) is 5.06. The van der Waals surface area contributed by atoms with Crippen LogP contribution in [0.2, 0.25) is 0 Å². The molecular weight excluding hydrogens is 793 g/mol. The standard InChI is InChI=1S/C61H40N2S/c1-4-17-41(18-5-1)42-31-33-45(34-32-42)62(47-35-37-49-48-23-10-13-27-54(48)61(55(49)40-47,43-19-6-2-7-20-43)44-21-8-3-9-22-44)46-36-38-59-53(39-46)52-26-16-30-58(60(52)64-59)63-56-28-14-11-24-50(56)51-25-12-15-29-57(51)63/h1-40H. The van der Waals surface area contributed by atoms with E-state index in [-0.39, 0.29) is 0 Å². The molecule has 0 bridgehead atoms. The number of hydrogen-bond acceptors (Lipinski definition) is 2. The first-order valence-electron chi connectivity index (χ1n) is 22.0. The van der Waals surface area contributed by atoms with E-state index in [0.717, 1.165) is 17.1 Å². The highest BCUT2D eigenvalue weighted by atomic mass is 32.1. The van der Waals surface area contributed by atoms with Crippen molar-refractivity contribution in [1.29, 1.82) is 0 Å². The number of nitrogens with zero attached hydrogens (tertiary/aromatic N) is 2. The number of aromatic nitrogens is 1. The van der Waals surface area contributed by atoms with Gasteiger partial charge in [0.25, 0.3) is 0 Å². The third kappa shape index (κ3) is 5.44. The van der Waals surface area contributed by atoms with Gasteiger partial charge in [-0.3, -0.25) is 0 Å². The molecule has 0 saturated carbocycles. The molecule has 3 heteroatoms. The average Bonchev–Trinajstić information content (AvgIpc) is 4.01. The van der Waals surface area contributed by atoms with E-state index in [0.29, 0.717) is 0 Å². The van der Waals surface area contributed by atoms with Gasteiger partial charge in [-0.1, -0.05) is 182 Å². The van der Waals surface area contributed by atoms with Crippen molar-refractivity contribution in [2.24, 2.45) is 0 Å². The van der Waals surface area contributed by atoms with Gasteiger partial charge in [-0.15, -0.1) is 11.3 Å². The molecule has 0 aliphatic heterocycles. The van der Waals surface area contributed by atoms with E-state index in [1.807, 2.05) is 11.3 Å². The lowest BCUT2D eigenvalue weighted by Crippen LogP contribution is -2.28. The Bertz CT molecular complexity index is 3620. The van der Waals surface area contributed by atoms with Gasteiger partial charge in [0.2, 0.25) is 0 Å². The molecule has 12 aromatic rings. The molecule has 1 aliphatic rings. The molecular formula is C61H40N2S. The number of hydrogen-bond donors (Lipinski definition) is 0. The van der Waals surface area contributed by atoms with Gasteiger partial charge in [-0.2, -0.15) is 0 Å². The number of thiophene rings is 1. The molecule has 0 N–H and O–H groups in total. The molecule has 0 radical (unpaired) electrons. The fraction of sp³-hybridized carbons (Fsp3) is 0.0164. The summed E-state index contributed by atoms with van der Waals surface area (Å²) in [5.74, 6) is 0. The monoisotopic (exact) mass is 832 g/mol. The van der Waals surface area contributed by atoms with Crippen molar-refractivity contribution in [3.8, 4) is 27.9 Å². The van der Waals surface area contributed by atoms with Crippen molar-refractivity contribution in [3.05, 3.63) is 265 Å². The number of anilines is 3.